The van der Waals surface area contributed by atoms with Gasteiger partial charge in [0.2, 0.25) is 5.89 Å². The van der Waals surface area contributed by atoms with Crippen molar-refractivity contribution >= 4 is 12.6 Å². The summed E-state index contributed by atoms with van der Waals surface area (Å²) in [4.78, 5) is 11.3. The highest BCUT2D eigenvalue weighted by molar-refractivity contribution is 5.92. The summed E-state index contributed by atoms with van der Waals surface area (Å²) in [7, 11) is 1.57. The zero-order valence-corrected chi connectivity index (χ0v) is 13.8. The van der Waals surface area contributed by atoms with Crippen LogP contribution in [0.5, 0.6) is 0 Å². The van der Waals surface area contributed by atoms with Crippen molar-refractivity contribution in [2.45, 2.75) is 46.1 Å². The molecule has 0 aromatic carbocycles. The zero-order valence-electron chi connectivity index (χ0n) is 13.8. The van der Waals surface area contributed by atoms with E-state index in [1.165, 1.54) is 0 Å². The lowest BCUT2D eigenvalue weighted by Crippen LogP contribution is -2.29. The van der Waals surface area contributed by atoms with Gasteiger partial charge < -0.3 is 14.4 Å². The molecule has 1 saturated heterocycles. The van der Waals surface area contributed by atoms with Crippen LogP contribution in [-0.4, -0.2) is 53.7 Å². The number of hydrogen-bond acceptors (Lipinski definition) is 6. The first kappa shape index (κ1) is 19.4. The van der Waals surface area contributed by atoms with Crippen LogP contribution in [-0.2, 0) is 4.74 Å². The van der Waals surface area contributed by atoms with Crippen molar-refractivity contribution in [3.05, 3.63) is 11.7 Å². The van der Waals surface area contributed by atoms with Crippen LogP contribution in [0.3, 0.4) is 0 Å². The fourth-order valence-electron chi connectivity index (χ4n) is 1.40. The molecule has 0 saturated carbocycles. The molecule has 1 fully saturated rings. The maximum Gasteiger partial charge on any atom is 0.223 e. The lowest BCUT2D eigenvalue weighted by molar-refractivity contribution is 0.00403. The van der Waals surface area contributed by atoms with Crippen LogP contribution < -0.4 is 0 Å². The Morgan fingerprint density at radius 1 is 1.38 bits per heavy atom. The van der Waals surface area contributed by atoms with Crippen molar-refractivity contribution in [3.8, 4) is 0 Å². The third kappa shape index (κ3) is 6.59. The molecule has 120 valence electrons. The number of aliphatic hydroxyl groups is 1. The summed E-state index contributed by atoms with van der Waals surface area (Å²) in [6.07, 6.45) is 0. The second-order valence-corrected chi connectivity index (χ2v) is 4.67. The van der Waals surface area contributed by atoms with Gasteiger partial charge in [0.05, 0.1) is 19.1 Å². The molecule has 0 unspecified atom stereocenters. The van der Waals surface area contributed by atoms with Crippen LogP contribution in [0.15, 0.2) is 14.5 Å². The Bertz CT molecular complexity index is 445. The molecule has 0 bridgehead atoms. The maximum absolute atomic E-state index is 9.21. The molecule has 1 aliphatic rings. The number of amidine groups is 1. The van der Waals surface area contributed by atoms with Crippen molar-refractivity contribution in [1.29, 1.82) is 0 Å². The van der Waals surface area contributed by atoms with E-state index in [0.29, 0.717) is 17.6 Å². The van der Waals surface area contributed by atoms with Gasteiger partial charge in [0.15, 0.2) is 11.7 Å². The van der Waals surface area contributed by atoms with E-state index in [9.17, 15) is 5.11 Å². The smallest absolute Gasteiger partial charge is 0.223 e. The summed E-state index contributed by atoms with van der Waals surface area (Å²) in [5.74, 6) is 2.14. The van der Waals surface area contributed by atoms with E-state index >= 15 is 0 Å². The molecule has 7 heteroatoms. The quantitative estimate of drug-likeness (QED) is 0.666. The first-order valence-electron chi connectivity index (χ1n) is 6.92. The minimum absolute atomic E-state index is 0.363. The van der Waals surface area contributed by atoms with Gasteiger partial charge in [-0.05, 0) is 20.6 Å². The maximum atomic E-state index is 9.21. The monoisotopic (exact) mass is 298 g/mol. The van der Waals surface area contributed by atoms with Crippen LogP contribution in [0, 0.1) is 6.92 Å². The lowest BCUT2D eigenvalue weighted by atomic mass is 10.1. The molecule has 7 nitrogen and oxygen atoms in total. The second-order valence-electron chi connectivity index (χ2n) is 4.67. The Kier molecular flexibility index (Phi) is 8.64. The third-order valence-corrected chi connectivity index (χ3v) is 2.46. The Morgan fingerprint density at radius 2 is 1.95 bits per heavy atom. The number of aryl methyl sites for hydroxylation is 1. The predicted octanol–water partition coefficient (Wildman–Crippen LogP) is 2.00. The van der Waals surface area contributed by atoms with Crippen molar-refractivity contribution < 1.29 is 14.4 Å². The van der Waals surface area contributed by atoms with Crippen LogP contribution >= 0.6 is 0 Å². The molecule has 21 heavy (non-hydrogen) atoms. The minimum Gasteiger partial charge on any atom is -0.382 e. The van der Waals surface area contributed by atoms with Crippen molar-refractivity contribution in [3.63, 3.8) is 0 Å². The highest BCUT2D eigenvalue weighted by atomic mass is 16.5. The fourth-order valence-corrected chi connectivity index (χ4v) is 1.40. The zero-order chi connectivity index (χ0) is 16.5. The van der Waals surface area contributed by atoms with Gasteiger partial charge in [0.1, 0.15) is 5.60 Å². The van der Waals surface area contributed by atoms with Gasteiger partial charge in [0, 0.05) is 14.0 Å². The van der Waals surface area contributed by atoms with E-state index in [0.717, 1.165) is 19.0 Å². The highest BCUT2D eigenvalue weighted by Gasteiger charge is 2.24. The van der Waals surface area contributed by atoms with Gasteiger partial charge in [-0.1, -0.05) is 19.0 Å². The van der Waals surface area contributed by atoms with Crippen LogP contribution in [0.1, 0.15) is 45.3 Å². The topological polar surface area (TPSA) is 93.1 Å². The normalized spacial score (nSPS) is 15.1. The summed E-state index contributed by atoms with van der Waals surface area (Å²) >= 11 is 0. The molecule has 0 aliphatic carbocycles. The van der Waals surface area contributed by atoms with Crippen LogP contribution in [0.2, 0.25) is 0 Å². The van der Waals surface area contributed by atoms with Crippen molar-refractivity contribution in [1.82, 2.24) is 10.1 Å². The molecule has 0 amide bonds. The highest BCUT2D eigenvalue weighted by Crippen LogP contribution is 2.20. The number of ether oxygens (including phenoxy) is 1. The van der Waals surface area contributed by atoms with Gasteiger partial charge >= 0.3 is 0 Å². The molecule has 2 heterocycles. The number of hydrogen-bond donors (Lipinski definition) is 1. The fraction of sp³-hybridized carbons (Fsp3) is 0.714. The van der Waals surface area contributed by atoms with Gasteiger partial charge in [-0.25, -0.2) is 4.99 Å². The molecule has 0 atom stereocenters. The molecule has 1 aromatic heterocycles. The van der Waals surface area contributed by atoms with Crippen LogP contribution in [0.4, 0.5) is 0 Å². The molecule has 1 aliphatic heterocycles. The van der Waals surface area contributed by atoms with Crippen LogP contribution in [0.25, 0.3) is 0 Å². The lowest BCUT2D eigenvalue weighted by Gasteiger charge is -2.21. The van der Waals surface area contributed by atoms with E-state index in [-0.39, 0.29) is 0 Å². The van der Waals surface area contributed by atoms with E-state index in [1.807, 2.05) is 13.8 Å². The largest absolute Gasteiger partial charge is 0.382 e. The Morgan fingerprint density at radius 3 is 2.14 bits per heavy atom. The second kappa shape index (κ2) is 9.36. The summed E-state index contributed by atoms with van der Waals surface area (Å²) in [6.45, 7) is 13.7. The van der Waals surface area contributed by atoms with E-state index < -0.39 is 5.60 Å². The average Bonchev–Trinajstić information content (AvgIpc) is 2.76. The average molecular weight is 298 g/mol. The standard InChI is InChI=1S/C6H8N2O2.C6H12N2O.C2H6/c1-4-7-6(8-10-4)5-2-9-3-5;1-6(2,9)5(7-3)8-4;1-2/h5H,2-3H2,1H3;9H,3H2,1-2,4H3;1-2H3. The molecule has 0 radical (unpaired) electrons. The summed E-state index contributed by atoms with van der Waals surface area (Å²) in [5, 5.41) is 13.0. The number of rotatable bonds is 2. The predicted molar refractivity (Wildman–Crippen MR) is 83.1 cm³/mol. The molecule has 1 N–H and O–H groups in total. The van der Waals surface area contributed by atoms with Crippen molar-refractivity contribution in [2.75, 3.05) is 20.3 Å². The van der Waals surface area contributed by atoms with Gasteiger partial charge in [-0.2, -0.15) is 4.98 Å². The Labute approximate surface area is 126 Å². The van der Waals surface area contributed by atoms with Crippen molar-refractivity contribution in [2.24, 2.45) is 9.98 Å². The first-order chi connectivity index (χ1) is 9.88. The van der Waals surface area contributed by atoms with E-state index in [1.54, 1.807) is 27.8 Å². The van der Waals surface area contributed by atoms with Gasteiger partial charge in [-0.15, -0.1) is 0 Å². The number of nitrogens with zero attached hydrogens (tertiary/aromatic N) is 4. The summed E-state index contributed by atoms with van der Waals surface area (Å²) in [5.41, 5.74) is -0.962. The molecular formula is C14H26N4O3. The number of aromatic nitrogens is 2. The van der Waals surface area contributed by atoms with Gasteiger partial charge in [-0.3, -0.25) is 4.99 Å². The Balaban J connectivity index is 0.000000344. The molecular weight excluding hydrogens is 272 g/mol. The summed E-state index contributed by atoms with van der Waals surface area (Å²) in [6, 6.07) is 0. The van der Waals surface area contributed by atoms with Gasteiger partial charge in [0.25, 0.3) is 0 Å². The molecule has 0 spiro atoms. The third-order valence-electron chi connectivity index (χ3n) is 2.46. The minimum atomic E-state index is -0.962. The summed E-state index contributed by atoms with van der Waals surface area (Å²) < 4.78 is 9.78. The SMILES string of the molecule is C=NC(=NC)C(C)(C)O.CC.Cc1nc(C2COC2)no1. The molecule has 2 rings (SSSR count). The Hall–Kier alpha value is -1.60. The molecule has 1 aromatic rings. The number of aliphatic imine (C=N–C) groups is 2. The van der Waals surface area contributed by atoms with E-state index in [4.69, 9.17) is 9.26 Å². The first-order valence-corrected chi connectivity index (χ1v) is 6.92. The van der Waals surface area contributed by atoms with E-state index in [2.05, 4.69) is 26.8 Å².